The van der Waals surface area contributed by atoms with E-state index in [0.29, 0.717) is 12.8 Å². The number of hydrogen-bond acceptors (Lipinski definition) is 16. The van der Waals surface area contributed by atoms with Crippen molar-refractivity contribution in [2.45, 2.75) is 212 Å². The van der Waals surface area contributed by atoms with Gasteiger partial charge in [0.05, 0.1) is 19.3 Å². The lowest BCUT2D eigenvalue weighted by Crippen LogP contribution is -2.36. The molecule has 19 nitrogen and oxygen atoms in total. The molecule has 0 aromatic carbocycles. The number of esters is 2. The van der Waals surface area contributed by atoms with Crippen LogP contribution in [0.3, 0.4) is 0 Å². The summed E-state index contributed by atoms with van der Waals surface area (Å²) in [6.07, 6.45) is 38.6. The molecule has 432 valence electrons. The second-order valence-electron chi connectivity index (χ2n) is 19.2. The number of unbranched alkanes of at least 4 members (excludes halogenated alkanes) is 13. The van der Waals surface area contributed by atoms with Gasteiger partial charge in [-0.05, 0) is 56.9 Å². The number of nitrogens with two attached hydrogens (primary N) is 1. The van der Waals surface area contributed by atoms with Crippen LogP contribution >= 0.6 is 15.6 Å². The van der Waals surface area contributed by atoms with Gasteiger partial charge >= 0.3 is 33.3 Å². The number of aliphatic hydroxyl groups excluding tert-OH is 3. The Bertz CT molecular complexity index is 2090. The first kappa shape index (κ1) is 68.3. The Morgan fingerprint density at radius 2 is 1.33 bits per heavy atom. The summed E-state index contributed by atoms with van der Waals surface area (Å²) in [6, 6.07) is 1.24. The zero-order chi connectivity index (χ0) is 55.9. The summed E-state index contributed by atoms with van der Waals surface area (Å²) in [4.78, 5) is 62.1. The van der Waals surface area contributed by atoms with Crippen molar-refractivity contribution in [3.8, 4) is 0 Å². The highest BCUT2D eigenvalue weighted by Gasteiger charge is 2.46. The van der Waals surface area contributed by atoms with E-state index in [-0.39, 0.29) is 25.1 Å². The largest absolute Gasteiger partial charge is 0.481 e. The summed E-state index contributed by atoms with van der Waals surface area (Å²) >= 11 is 0. The highest BCUT2D eigenvalue weighted by Crippen LogP contribution is 2.60. The molecule has 0 spiro atoms. The molecule has 0 aliphatic carbocycles. The average molecular weight is 1110 g/mol. The zero-order valence-electron chi connectivity index (χ0n) is 45.3. The molecule has 7 N–H and O–H groups in total. The first-order valence-corrected chi connectivity index (χ1v) is 30.4. The van der Waals surface area contributed by atoms with Crippen LogP contribution in [0.5, 0.6) is 0 Å². The first-order valence-electron chi connectivity index (χ1n) is 27.5. The molecule has 0 radical (unpaired) electrons. The molecule has 1 aliphatic rings. The predicted octanol–water partition coefficient (Wildman–Crippen LogP) is 10.9. The molecule has 2 heterocycles. The Balaban J connectivity index is 1.83. The van der Waals surface area contributed by atoms with Gasteiger partial charge in [-0.25, -0.2) is 13.9 Å². The van der Waals surface area contributed by atoms with Gasteiger partial charge in [0.15, 0.2) is 12.3 Å². The van der Waals surface area contributed by atoms with Crippen LogP contribution in [-0.4, -0.2) is 96.9 Å². The number of nitrogen functional groups attached to an aromatic ring is 1. The van der Waals surface area contributed by atoms with Crippen LogP contribution in [-0.2, 0) is 46.3 Å². The summed E-state index contributed by atoms with van der Waals surface area (Å²) in [5, 5.41) is 31.2. The molecule has 2 rings (SSSR count). The number of carbonyl (C=O) groups is 2. The molecule has 1 fully saturated rings. The van der Waals surface area contributed by atoms with Crippen molar-refractivity contribution in [3.63, 3.8) is 0 Å². The Morgan fingerprint density at radius 3 is 1.93 bits per heavy atom. The molecular weight excluding hydrogens is 1020 g/mol. The van der Waals surface area contributed by atoms with E-state index < -0.39 is 89.8 Å². The van der Waals surface area contributed by atoms with Gasteiger partial charge in [-0.3, -0.25) is 23.2 Å². The Hall–Kier alpha value is -3.84. The van der Waals surface area contributed by atoms with Gasteiger partial charge in [-0.2, -0.15) is 9.29 Å². The number of anilines is 1. The van der Waals surface area contributed by atoms with Crippen LogP contribution in [0.1, 0.15) is 181 Å². The summed E-state index contributed by atoms with van der Waals surface area (Å²) in [5.41, 5.74) is 4.58. The van der Waals surface area contributed by atoms with Crippen molar-refractivity contribution in [3.05, 3.63) is 95.7 Å². The van der Waals surface area contributed by atoms with Gasteiger partial charge < -0.3 is 45.1 Å². The lowest BCUT2D eigenvalue weighted by molar-refractivity contribution is -0.161. The van der Waals surface area contributed by atoms with Crippen LogP contribution in [0.2, 0.25) is 0 Å². The SMILES string of the molecule is CC/C=C\C/C=C\C/C=C\C/C=C\C=C/C(O)C/C=C\CCC(=O)OC[C@H](COP(=O)(O)OP(=O)(O)OC[C@H]1O[C@@H](n2ccc(N)nc2=O)[C@H](O)[C@@H]1O)OC(=O)CCCCCCCCCCCCCCCCC(C)CC. The molecule has 1 aromatic heterocycles. The van der Waals surface area contributed by atoms with Crippen LogP contribution in [0.4, 0.5) is 5.82 Å². The van der Waals surface area contributed by atoms with Crippen molar-refractivity contribution in [1.29, 1.82) is 0 Å². The average Bonchev–Trinajstić information content (AvgIpc) is 3.65. The van der Waals surface area contributed by atoms with Gasteiger partial charge in [0.2, 0.25) is 0 Å². The molecular formula is C55H91N3O16P2. The molecule has 76 heavy (non-hydrogen) atoms. The number of hydrogen-bond donors (Lipinski definition) is 6. The maximum absolute atomic E-state index is 12.9. The number of nitrogens with zero attached hydrogens (tertiary/aromatic N) is 2. The lowest BCUT2D eigenvalue weighted by atomic mass is 9.99. The van der Waals surface area contributed by atoms with Gasteiger partial charge in [-0.1, -0.05) is 190 Å². The number of aromatic nitrogens is 2. The molecule has 0 bridgehead atoms. The third-order valence-corrected chi connectivity index (χ3v) is 15.0. The van der Waals surface area contributed by atoms with Crippen LogP contribution in [0.25, 0.3) is 0 Å². The maximum Gasteiger partial charge on any atom is 0.481 e. The number of rotatable bonds is 44. The monoisotopic (exact) mass is 1110 g/mol. The second-order valence-corrected chi connectivity index (χ2v) is 22.2. The fourth-order valence-electron chi connectivity index (χ4n) is 7.81. The number of phosphoric acid groups is 2. The zero-order valence-corrected chi connectivity index (χ0v) is 47.1. The van der Waals surface area contributed by atoms with Crippen molar-refractivity contribution < 1.29 is 71.4 Å². The number of ether oxygens (including phenoxy) is 3. The fourth-order valence-corrected chi connectivity index (χ4v) is 9.92. The van der Waals surface area contributed by atoms with Crippen molar-refractivity contribution in [2.75, 3.05) is 25.6 Å². The van der Waals surface area contributed by atoms with E-state index in [1.165, 1.54) is 76.7 Å². The van der Waals surface area contributed by atoms with E-state index in [2.05, 4.69) is 66.5 Å². The van der Waals surface area contributed by atoms with Crippen molar-refractivity contribution in [2.24, 2.45) is 5.92 Å². The van der Waals surface area contributed by atoms with Crippen LogP contribution < -0.4 is 11.4 Å². The molecule has 4 unspecified atom stereocenters. The first-order chi connectivity index (χ1) is 36.5. The second kappa shape index (κ2) is 41.2. The molecule has 21 heteroatoms. The van der Waals surface area contributed by atoms with Gasteiger partial charge in [0, 0.05) is 19.0 Å². The molecule has 9 atom stereocenters. The Labute approximate surface area is 451 Å². The summed E-state index contributed by atoms with van der Waals surface area (Å²) in [6.45, 7) is 4.24. The highest BCUT2D eigenvalue weighted by molar-refractivity contribution is 7.61. The van der Waals surface area contributed by atoms with E-state index in [1.54, 1.807) is 24.3 Å². The minimum Gasteiger partial charge on any atom is -0.462 e. The highest BCUT2D eigenvalue weighted by atomic mass is 31.3. The quantitative estimate of drug-likeness (QED) is 0.0116. The van der Waals surface area contributed by atoms with E-state index in [4.69, 9.17) is 29.0 Å². The third-order valence-electron chi connectivity index (χ3n) is 12.4. The van der Waals surface area contributed by atoms with E-state index in [9.17, 15) is 48.6 Å². The lowest BCUT2D eigenvalue weighted by Gasteiger charge is -2.21. The number of carbonyl (C=O) groups excluding carboxylic acids is 2. The van der Waals surface area contributed by atoms with E-state index in [0.717, 1.165) is 68.0 Å². The Morgan fingerprint density at radius 1 is 0.750 bits per heavy atom. The molecule has 0 saturated carbocycles. The van der Waals surface area contributed by atoms with E-state index in [1.807, 2.05) is 12.2 Å². The number of phosphoric ester groups is 2. The molecule has 1 aliphatic heterocycles. The number of aliphatic hydroxyl groups is 3. The van der Waals surface area contributed by atoms with Crippen LogP contribution in [0, 0.1) is 5.92 Å². The van der Waals surface area contributed by atoms with Gasteiger partial charge in [0.25, 0.3) is 0 Å². The minimum absolute atomic E-state index is 0.0123. The van der Waals surface area contributed by atoms with Crippen molar-refractivity contribution in [1.82, 2.24) is 9.55 Å². The third kappa shape index (κ3) is 33.5. The Kier molecular flexibility index (Phi) is 37.0. The molecule has 0 amide bonds. The maximum atomic E-state index is 12.9. The number of allylic oxidation sites excluding steroid dienone is 10. The smallest absolute Gasteiger partial charge is 0.462 e. The standard InChI is InChI=1S/C55H91N3O16P2/c1-4-6-7-8-9-10-11-14-18-21-24-27-31-36-46(59)37-32-29-34-38-50(60)69-42-47(72-51(61)39-33-28-25-22-19-16-13-12-15-17-20-23-26-30-35-45(3)5-2)43-70-75(65,66)74-76(67,68)71-44-48-52(62)53(63)54(73-48)58-41-40-49(56)57-55(58)64/h6-7,9-10,14,18,24,27,29,31-32,36,40-41,45-48,52-54,59,62-63H,4-5,8,11-13,15-17,19-23,25-26,28,30,33-35,37-39,42-44H2,1-3H3,(H,65,66)(H,67,68)(H2,56,57,64)/b7-6-,10-9-,18-14-,27-24-,32-29-,36-31-/t45?,46?,47-,48-,52-,53-,54-/m1/s1. The summed E-state index contributed by atoms with van der Waals surface area (Å²) in [7, 11) is -10.9. The molecule has 1 saturated heterocycles. The normalized spacial score (nSPS) is 20.1. The predicted molar refractivity (Wildman–Crippen MR) is 294 cm³/mol. The van der Waals surface area contributed by atoms with Crippen molar-refractivity contribution >= 4 is 33.4 Å². The summed E-state index contributed by atoms with van der Waals surface area (Å²) < 4.78 is 56.8. The molecule has 1 aromatic rings. The van der Waals surface area contributed by atoms with Gasteiger partial charge in [0.1, 0.15) is 30.7 Å². The van der Waals surface area contributed by atoms with E-state index >= 15 is 0 Å². The van der Waals surface area contributed by atoms with Crippen LogP contribution in [0.15, 0.2) is 90.0 Å². The van der Waals surface area contributed by atoms with Gasteiger partial charge in [-0.15, -0.1) is 0 Å². The minimum atomic E-state index is -5.46. The fraction of sp³-hybridized carbons (Fsp3) is 0.673. The summed E-state index contributed by atoms with van der Waals surface area (Å²) in [5.74, 6) is -0.652. The topological polar surface area (TPSA) is 286 Å².